The number of hydrogen-bond acceptors (Lipinski definition) is 3. The Balaban J connectivity index is 2.65. The number of aromatic nitrogens is 1. The second-order valence-corrected chi connectivity index (χ2v) is 4.91. The van der Waals surface area contributed by atoms with E-state index in [1.807, 2.05) is 0 Å². The zero-order chi connectivity index (χ0) is 12.6. The summed E-state index contributed by atoms with van der Waals surface area (Å²) in [5.74, 6) is 0. The lowest BCUT2D eigenvalue weighted by atomic mass is 10.1. The van der Waals surface area contributed by atoms with Gasteiger partial charge in [0.25, 0.3) is 0 Å². The van der Waals surface area contributed by atoms with Crippen LogP contribution in [-0.4, -0.2) is 14.8 Å². The van der Waals surface area contributed by atoms with Crippen LogP contribution in [-0.2, 0) is 5.66 Å². The van der Waals surface area contributed by atoms with Crippen molar-refractivity contribution < 1.29 is 18.6 Å². The first kappa shape index (κ1) is 12.6. The fourth-order valence-corrected chi connectivity index (χ4v) is 2.07. The number of rotatable bonds is 2. The van der Waals surface area contributed by atoms with Gasteiger partial charge in [0.05, 0.1) is 10.5 Å². The van der Waals surface area contributed by atoms with Gasteiger partial charge in [0, 0.05) is 17.1 Å². The van der Waals surface area contributed by atoms with Gasteiger partial charge in [-0.3, -0.25) is 4.98 Å². The molecule has 0 aliphatic heterocycles. The standard InChI is InChI=1S/C10H7ClF2NO2P/c11-8-5-7(10(12,13)17(15)16)4-6-2-1-3-14-9(6)8/h1-5,15-16H. The average Bonchev–Trinajstić information content (AvgIpc) is 2.28. The molecule has 0 fully saturated rings. The van der Waals surface area contributed by atoms with Crippen molar-refractivity contribution in [1.82, 2.24) is 4.98 Å². The van der Waals surface area contributed by atoms with Crippen LogP contribution in [0.25, 0.3) is 10.9 Å². The molecule has 2 rings (SSSR count). The molecule has 0 aliphatic carbocycles. The molecular weight excluding hydrogens is 271 g/mol. The predicted molar refractivity (Wildman–Crippen MR) is 62.0 cm³/mol. The third-order valence-electron chi connectivity index (χ3n) is 2.26. The molecule has 0 bridgehead atoms. The highest BCUT2D eigenvalue weighted by Gasteiger charge is 2.41. The number of alkyl halides is 2. The molecule has 7 heteroatoms. The molecular formula is C10H7ClF2NO2P. The molecule has 2 aromatic rings. The van der Waals surface area contributed by atoms with Crippen molar-refractivity contribution in [3.8, 4) is 0 Å². The van der Waals surface area contributed by atoms with Crippen molar-refractivity contribution in [3.63, 3.8) is 0 Å². The maximum absolute atomic E-state index is 13.4. The van der Waals surface area contributed by atoms with Crippen molar-refractivity contribution in [2.45, 2.75) is 5.66 Å². The Labute approximate surface area is 102 Å². The molecule has 0 saturated heterocycles. The summed E-state index contributed by atoms with van der Waals surface area (Å²) in [5, 5.41) is 0.473. The normalized spacial score (nSPS) is 12.4. The first-order valence-corrected chi connectivity index (χ1v) is 6.16. The monoisotopic (exact) mass is 277 g/mol. The van der Waals surface area contributed by atoms with Gasteiger partial charge in [-0.2, -0.15) is 8.78 Å². The summed E-state index contributed by atoms with van der Waals surface area (Å²) in [6, 6.07) is 5.31. The Morgan fingerprint density at radius 1 is 1.29 bits per heavy atom. The lowest BCUT2D eigenvalue weighted by molar-refractivity contribution is 0.0734. The highest BCUT2D eigenvalue weighted by molar-refractivity contribution is 7.46. The minimum Gasteiger partial charge on any atom is -0.346 e. The van der Waals surface area contributed by atoms with Crippen LogP contribution >= 0.6 is 20.0 Å². The molecule has 0 aliphatic rings. The maximum atomic E-state index is 13.4. The average molecular weight is 278 g/mol. The molecule has 0 atom stereocenters. The molecule has 1 aromatic carbocycles. The van der Waals surface area contributed by atoms with Gasteiger partial charge in [-0.1, -0.05) is 17.7 Å². The van der Waals surface area contributed by atoms with Crippen molar-refractivity contribution >= 4 is 30.9 Å². The minimum absolute atomic E-state index is 0.0506. The molecule has 90 valence electrons. The summed E-state index contributed by atoms with van der Waals surface area (Å²) in [4.78, 5) is 21.4. The van der Waals surface area contributed by atoms with Crippen LogP contribution in [0, 0.1) is 0 Å². The summed E-state index contributed by atoms with van der Waals surface area (Å²) in [6.07, 6.45) is 1.50. The Kier molecular flexibility index (Phi) is 3.27. The fourth-order valence-electron chi connectivity index (χ4n) is 1.44. The molecule has 0 spiro atoms. The molecule has 2 N–H and O–H groups in total. The molecule has 1 aromatic heterocycles. The number of pyridine rings is 1. The summed E-state index contributed by atoms with van der Waals surface area (Å²) in [5.41, 5.74) is -3.84. The van der Waals surface area contributed by atoms with Crippen molar-refractivity contribution in [2.75, 3.05) is 0 Å². The highest BCUT2D eigenvalue weighted by Crippen LogP contribution is 2.53. The van der Waals surface area contributed by atoms with Gasteiger partial charge in [0.15, 0.2) is 0 Å². The SMILES string of the molecule is OP(O)C(F)(F)c1cc(Cl)c2ncccc2c1. The molecule has 0 unspecified atom stereocenters. The number of benzene rings is 1. The maximum Gasteiger partial charge on any atom is 0.339 e. The smallest absolute Gasteiger partial charge is 0.339 e. The fraction of sp³-hybridized carbons (Fsp3) is 0.100. The second kappa shape index (κ2) is 4.42. The van der Waals surface area contributed by atoms with Crippen LogP contribution in [0.3, 0.4) is 0 Å². The lowest BCUT2D eigenvalue weighted by Gasteiger charge is -2.18. The summed E-state index contributed by atoms with van der Waals surface area (Å²) in [7, 11) is -3.40. The molecule has 17 heavy (non-hydrogen) atoms. The largest absolute Gasteiger partial charge is 0.346 e. The molecule has 0 saturated carbocycles. The van der Waals surface area contributed by atoms with Crippen LogP contribution in [0.4, 0.5) is 8.78 Å². The van der Waals surface area contributed by atoms with Crippen LogP contribution in [0.2, 0.25) is 5.02 Å². The van der Waals surface area contributed by atoms with Crippen LogP contribution in [0.15, 0.2) is 30.5 Å². The van der Waals surface area contributed by atoms with Gasteiger partial charge < -0.3 is 9.79 Å². The number of hydrogen-bond donors (Lipinski definition) is 2. The van der Waals surface area contributed by atoms with Crippen molar-refractivity contribution in [3.05, 3.63) is 41.0 Å². The Morgan fingerprint density at radius 3 is 2.65 bits per heavy atom. The van der Waals surface area contributed by atoms with E-state index in [9.17, 15) is 8.78 Å². The van der Waals surface area contributed by atoms with E-state index in [4.69, 9.17) is 21.4 Å². The summed E-state index contributed by atoms with van der Waals surface area (Å²) < 4.78 is 26.9. The van der Waals surface area contributed by atoms with Gasteiger partial charge in [-0.05, 0) is 18.2 Å². The third-order valence-corrected chi connectivity index (χ3v) is 3.31. The lowest BCUT2D eigenvalue weighted by Crippen LogP contribution is -2.10. The molecule has 0 amide bonds. The van der Waals surface area contributed by atoms with Gasteiger partial charge in [-0.25, -0.2) is 0 Å². The van der Waals surface area contributed by atoms with Crippen LogP contribution in [0.1, 0.15) is 5.56 Å². The Bertz CT molecular complexity index is 565. The Morgan fingerprint density at radius 2 is 2.00 bits per heavy atom. The predicted octanol–water partition coefficient (Wildman–Crippen LogP) is 3.23. The van der Waals surface area contributed by atoms with Crippen molar-refractivity contribution in [1.29, 1.82) is 0 Å². The van der Waals surface area contributed by atoms with Gasteiger partial charge in [0.2, 0.25) is 8.38 Å². The zero-order valence-corrected chi connectivity index (χ0v) is 9.96. The van der Waals surface area contributed by atoms with E-state index >= 15 is 0 Å². The van der Waals surface area contributed by atoms with E-state index < -0.39 is 19.6 Å². The third kappa shape index (κ3) is 2.24. The minimum atomic E-state index is -3.71. The Hall–Kier alpha value is -0.870. The highest BCUT2D eigenvalue weighted by atomic mass is 35.5. The van der Waals surface area contributed by atoms with E-state index in [2.05, 4.69) is 4.98 Å². The quantitative estimate of drug-likeness (QED) is 0.829. The molecule has 1 heterocycles. The second-order valence-electron chi connectivity index (χ2n) is 3.36. The van der Waals surface area contributed by atoms with Crippen LogP contribution in [0.5, 0.6) is 0 Å². The van der Waals surface area contributed by atoms with E-state index in [0.29, 0.717) is 10.9 Å². The summed E-state index contributed by atoms with van der Waals surface area (Å²) in [6.45, 7) is 0. The van der Waals surface area contributed by atoms with Crippen molar-refractivity contribution in [2.24, 2.45) is 0 Å². The van der Waals surface area contributed by atoms with E-state index in [0.717, 1.165) is 12.1 Å². The van der Waals surface area contributed by atoms with Gasteiger partial charge in [-0.15, -0.1) is 0 Å². The van der Waals surface area contributed by atoms with Gasteiger partial charge in [0.1, 0.15) is 0 Å². The molecule has 0 radical (unpaired) electrons. The topological polar surface area (TPSA) is 53.4 Å². The number of halogens is 3. The number of fused-ring (bicyclic) bond motifs is 1. The van der Waals surface area contributed by atoms with E-state index in [1.54, 1.807) is 12.1 Å². The number of nitrogens with zero attached hydrogens (tertiary/aromatic N) is 1. The first-order valence-electron chi connectivity index (χ1n) is 4.53. The first-order chi connectivity index (χ1) is 7.93. The van der Waals surface area contributed by atoms with Crippen LogP contribution < -0.4 is 0 Å². The van der Waals surface area contributed by atoms with E-state index in [1.165, 1.54) is 6.20 Å². The molecule has 3 nitrogen and oxygen atoms in total. The summed E-state index contributed by atoms with van der Waals surface area (Å²) >= 11 is 5.82. The zero-order valence-electron chi connectivity index (χ0n) is 8.31. The van der Waals surface area contributed by atoms with E-state index in [-0.39, 0.29) is 5.02 Å². The van der Waals surface area contributed by atoms with Gasteiger partial charge >= 0.3 is 5.66 Å².